The van der Waals surface area contributed by atoms with Gasteiger partial charge >= 0.3 is 5.97 Å². The van der Waals surface area contributed by atoms with Crippen LogP contribution in [-0.4, -0.2) is 22.7 Å². The summed E-state index contributed by atoms with van der Waals surface area (Å²) in [6.07, 6.45) is 9.46. The molecule has 0 fully saturated rings. The van der Waals surface area contributed by atoms with Crippen LogP contribution in [0.25, 0.3) is 10.9 Å². The van der Waals surface area contributed by atoms with E-state index < -0.39 is 11.8 Å². The maximum atomic E-state index is 13.1. The van der Waals surface area contributed by atoms with Crippen molar-refractivity contribution in [1.29, 1.82) is 0 Å². The molecular weight excluding hydrogens is 345 g/mol. The second-order valence-electron chi connectivity index (χ2n) is 6.45. The zero-order valence-corrected chi connectivity index (χ0v) is 15.7. The number of carboxylic acids is 1. The van der Waals surface area contributed by atoms with Crippen molar-refractivity contribution < 1.29 is 19.0 Å². The summed E-state index contributed by atoms with van der Waals surface area (Å²) < 4.78 is 18.8. The molecule has 1 aromatic carbocycles. The van der Waals surface area contributed by atoms with Gasteiger partial charge in [0.25, 0.3) is 0 Å². The fourth-order valence-electron chi connectivity index (χ4n) is 2.70. The minimum Gasteiger partial charge on any atom is -0.478 e. The van der Waals surface area contributed by atoms with Gasteiger partial charge in [-0.25, -0.2) is 9.78 Å². The number of carbonyl (C=O) groups is 1. The van der Waals surface area contributed by atoms with Crippen LogP contribution in [0.4, 0.5) is 4.39 Å². The number of carboxylic acid groups (broad SMARTS) is 1. The molecule has 1 N–H and O–H groups in total. The molecule has 0 aliphatic carbocycles. The zero-order chi connectivity index (χ0) is 19.5. The number of pyridine rings is 1. The molecule has 0 atom stereocenters. The Balaban J connectivity index is 1.54. The molecule has 144 valence electrons. The first kappa shape index (κ1) is 20.6. The number of hydrogen-bond donors (Lipinski definition) is 1. The van der Waals surface area contributed by atoms with Crippen LogP contribution < -0.4 is 4.74 Å². The van der Waals surface area contributed by atoms with Crippen molar-refractivity contribution in [2.45, 2.75) is 45.4 Å². The Bertz CT molecular complexity index is 814. The average molecular weight is 371 g/mol. The third kappa shape index (κ3) is 7.21. The van der Waals surface area contributed by atoms with Crippen LogP contribution in [0.15, 0.2) is 60.0 Å². The van der Waals surface area contributed by atoms with Crippen LogP contribution in [0, 0.1) is 0 Å². The lowest BCUT2D eigenvalue weighted by molar-refractivity contribution is -0.134. The number of benzene rings is 1. The fourth-order valence-corrected chi connectivity index (χ4v) is 2.70. The standard InChI is InChI=1S/C22H26FNO3/c1-17(21(23)22(25)26)11-7-5-3-2-4-6-10-16-27-20-15-14-18-12-8-9-13-19(18)24-20/h7-9,11-15H,2-6,10,16H2,1H3,(H,25,26). The summed E-state index contributed by atoms with van der Waals surface area (Å²) in [7, 11) is 0. The molecule has 0 aliphatic rings. The number of fused-ring (bicyclic) bond motifs is 1. The van der Waals surface area contributed by atoms with Gasteiger partial charge in [-0.3, -0.25) is 0 Å². The summed E-state index contributed by atoms with van der Waals surface area (Å²) in [6.45, 7) is 2.12. The van der Waals surface area contributed by atoms with Gasteiger partial charge in [0.05, 0.1) is 12.1 Å². The Kier molecular flexibility index (Phi) is 8.49. The van der Waals surface area contributed by atoms with Crippen LogP contribution in [0.5, 0.6) is 5.88 Å². The lowest BCUT2D eigenvalue weighted by atomic mass is 10.1. The summed E-state index contributed by atoms with van der Waals surface area (Å²) in [6, 6.07) is 11.9. The SMILES string of the molecule is CC(C=CCCCCCCCOc1ccc2ccccc2n1)=C(F)C(=O)O. The molecule has 0 aliphatic heterocycles. The first-order valence-corrected chi connectivity index (χ1v) is 9.33. The molecule has 1 aromatic heterocycles. The van der Waals surface area contributed by atoms with Crippen molar-refractivity contribution in [3.8, 4) is 5.88 Å². The van der Waals surface area contributed by atoms with Gasteiger partial charge in [-0.2, -0.15) is 4.39 Å². The average Bonchev–Trinajstić information content (AvgIpc) is 2.68. The van der Waals surface area contributed by atoms with E-state index in [1.165, 1.54) is 13.0 Å². The number of rotatable bonds is 11. The minimum atomic E-state index is -1.52. The maximum Gasteiger partial charge on any atom is 0.365 e. The first-order valence-electron chi connectivity index (χ1n) is 9.33. The van der Waals surface area contributed by atoms with E-state index in [2.05, 4.69) is 4.98 Å². The predicted molar refractivity (Wildman–Crippen MR) is 106 cm³/mol. The summed E-state index contributed by atoms with van der Waals surface area (Å²) in [4.78, 5) is 15.0. The molecule has 2 rings (SSSR count). The van der Waals surface area contributed by atoms with E-state index in [1.54, 1.807) is 0 Å². The number of allylic oxidation sites excluding steroid dienone is 3. The van der Waals surface area contributed by atoms with Crippen LogP contribution in [0.3, 0.4) is 0 Å². The Morgan fingerprint density at radius 2 is 1.85 bits per heavy atom. The Hall–Kier alpha value is -2.69. The highest BCUT2D eigenvalue weighted by molar-refractivity contribution is 5.85. The third-order valence-corrected chi connectivity index (χ3v) is 4.24. The van der Waals surface area contributed by atoms with Gasteiger partial charge in [-0.05, 0) is 43.9 Å². The Morgan fingerprint density at radius 3 is 2.67 bits per heavy atom. The van der Waals surface area contributed by atoms with Gasteiger partial charge in [0, 0.05) is 11.5 Å². The van der Waals surface area contributed by atoms with Gasteiger partial charge in [0.2, 0.25) is 11.7 Å². The van der Waals surface area contributed by atoms with Crippen LogP contribution in [0.1, 0.15) is 45.4 Å². The number of unbranched alkanes of at least 4 members (excludes halogenated alkanes) is 5. The molecule has 5 heteroatoms. The highest BCUT2D eigenvalue weighted by atomic mass is 19.1. The summed E-state index contributed by atoms with van der Waals surface area (Å²) in [5, 5.41) is 9.64. The van der Waals surface area contributed by atoms with Gasteiger partial charge < -0.3 is 9.84 Å². The van der Waals surface area contributed by atoms with Crippen molar-refractivity contribution >= 4 is 16.9 Å². The van der Waals surface area contributed by atoms with Crippen molar-refractivity contribution in [3.05, 3.63) is 60.0 Å². The Morgan fingerprint density at radius 1 is 1.11 bits per heavy atom. The van der Waals surface area contributed by atoms with Gasteiger partial charge in [-0.15, -0.1) is 0 Å². The van der Waals surface area contributed by atoms with E-state index in [4.69, 9.17) is 9.84 Å². The van der Waals surface area contributed by atoms with Gasteiger partial charge in [-0.1, -0.05) is 49.6 Å². The topological polar surface area (TPSA) is 59.4 Å². The predicted octanol–water partition coefficient (Wildman–Crippen LogP) is 5.84. The number of hydrogen-bond acceptors (Lipinski definition) is 3. The first-order chi connectivity index (χ1) is 13.1. The highest BCUT2D eigenvalue weighted by Crippen LogP contribution is 2.16. The van der Waals surface area contributed by atoms with E-state index in [1.807, 2.05) is 42.5 Å². The van der Waals surface area contributed by atoms with Crippen molar-refractivity contribution in [3.63, 3.8) is 0 Å². The van der Waals surface area contributed by atoms with Crippen LogP contribution >= 0.6 is 0 Å². The van der Waals surface area contributed by atoms with Crippen LogP contribution in [0.2, 0.25) is 0 Å². The van der Waals surface area contributed by atoms with E-state index in [-0.39, 0.29) is 5.57 Å². The lowest BCUT2D eigenvalue weighted by Crippen LogP contribution is -1.99. The van der Waals surface area contributed by atoms with Gasteiger partial charge in [0.15, 0.2) is 0 Å². The number of para-hydroxylation sites is 1. The molecule has 0 spiro atoms. The second kappa shape index (κ2) is 11.1. The molecule has 0 bridgehead atoms. The molecule has 0 unspecified atom stereocenters. The van der Waals surface area contributed by atoms with E-state index >= 15 is 0 Å². The smallest absolute Gasteiger partial charge is 0.365 e. The number of nitrogens with zero attached hydrogens (tertiary/aromatic N) is 1. The summed E-state index contributed by atoms with van der Waals surface area (Å²) in [5.74, 6) is -1.94. The van der Waals surface area contributed by atoms with Crippen LogP contribution in [-0.2, 0) is 4.79 Å². The lowest BCUT2D eigenvalue weighted by Gasteiger charge is -2.06. The highest BCUT2D eigenvalue weighted by Gasteiger charge is 2.07. The van der Waals surface area contributed by atoms with Crippen molar-refractivity contribution in [2.24, 2.45) is 0 Å². The van der Waals surface area contributed by atoms with E-state index in [9.17, 15) is 9.18 Å². The molecule has 0 saturated heterocycles. The molecule has 0 amide bonds. The molecule has 27 heavy (non-hydrogen) atoms. The summed E-state index contributed by atoms with van der Waals surface area (Å²) >= 11 is 0. The summed E-state index contributed by atoms with van der Waals surface area (Å²) in [5.41, 5.74) is 1.10. The van der Waals surface area contributed by atoms with E-state index in [0.29, 0.717) is 12.5 Å². The molecule has 1 heterocycles. The quantitative estimate of drug-likeness (QED) is 0.306. The molecule has 2 aromatic rings. The number of halogens is 1. The second-order valence-corrected chi connectivity index (χ2v) is 6.45. The van der Waals surface area contributed by atoms with Crippen molar-refractivity contribution in [2.75, 3.05) is 6.61 Å². The number of aliphatic carboxylic acids is 1. The minimum absolute atomic E-state index is 0.155. The Labute approximate surface area is 159 Å². The monoisotopic (exact) mass is 371 g/mol. The molecule has 4 nitrogen and oxygen atoms in total. The van der Waals surface area contributed by atoms with E-state index in [0.717, 1.165) is 49.4 Å². The normalized spacial score (nSPS) is 12.4. The maximum absolute atomic E-state index is 13.1. The zero-order valence-electron chi connectivity index (χ0n) is 15.7. The third-order valence-electron chi connectivity index (χ3n) is 4.24. The molecule has 0 radical (unpaired) electrons. The number of aromatic nitrogens is 1. The number of ether oxygens (including phenoxy) is 1. The largest absolute Gasteiger partial charge is 0.478 e. The molecular formula is C22H26FNO3. The van der Waals surface area contributed by atoms with Gasteiger partial charge in [0.1, 0.15) is 0 Å². The fraction of sp³-hybridized carbons (Fsp3) is 0.364. The molecule has 0 saturated carbocycles. The van der Waals surface area contributed by atoms with Crippen molar-refractivity contribution in [1.82, 2.24) is 4.98 Å².